The number of hydrogen-bond donors (Lipinski definition) is 1. The van der Waals surface area contributed by atoms with Crippen LogP contribution in [0.25, 0.3) is 0 Å². The summed E-state index contributed by atoms with van der Waals surface area (Å²) < 4.78 is 5.72. The van der Waals surface area contributed by atoms with Gasteiger partial charge >= 0.3 is 8.56 Å². The zero-order valence-corrected chi connectivity index (χ0v) is 13.4. The summed E-state index contributed by atoms with van der Waals surface area (Å²) in [5.41, 5.74) is 0. The lowest BCUT2D eigenvalue weighted by Gasteiger charge is -2.24. The maximum absolute atomic E-state index is 10.6. The Labute approximate surface area is 115 Å². The van der Waals surface area contributed by atoms with Gasteiger partial charge in [-0.05, 0) is 12.1 Å². The standard InChI is InChI=1S/C15H32O2Si/c1-4-7-9-11-14-18(16,17-13-6-3)15-12-10-8-5-2/h6,16H,3-5,7-15H2,1-2H3. The van der Waals surface area contributed by atoms with Crippen LogP contribution >= 0.6 is 0 Å². The molecule has 0 aliphatic heterocycles. The van der Waals surface area contributed by atoms with E-state index in [1.54, 1.807) is 6.08 Å². The van der Waals surface area contributed by atoms with Gasteiger partial charge in [-0.3, -0.25) is 0 Å². The number of hydrogen-bond acceptors (Lipinski definition) is 2. The van der Waals surface area contributed by atoms with Gasteiger partial charge in [0.1, 0.15) is 0 Å². The monoisotopic (exact) mass is 272 g/mol. The highest BCUT2D eigenvalue weighted by molar-refractivity contribution is 6.66. The third kappa shape index (κ3) is 9.86. The Morgan fingerprint density at radius 2 is 1.44 bits per heavy atom. The molecule has 0 aromatic rings. The fourth-order valence-electron chi connectivity index (χ4n) is 2.14. The van der Waals surface area contributed by atoms with Gasteiger partial charge in [0.25, 0.3) is 0 Å². The van der Waals surface area contributed by atoms with E-state index < -0.39 is 8.56 Å². The molecule has 1 N–H and O–H groups in total. The molecule has 0 aromatic carbocycles. The molecule has 0 fully saturated rings. The molecule has 3 heteroatoms. The van der Waals surface area contributed by atoms with Gasteiger partial charge in [0.2, 0.25) is 0 Å². The van der Waals surface area contributed by atoms with Crippen molar-refractivity contribution >= 4 is 8.56 Å². The quantitative estimate of drug-likeness (QED) is 0.297. The SMILES string of the molecule is C=CCO[Si](O)(CCCCCC)CCCCCC. The predicted molar refractivity (Wildman–Crippen MR) is 82.0 cm³/mol. The molecule has 0 radical (unpaired) electrons. The van der Waals surface area contributed by atoms with Gasteiger partial charge in [0, 0.05) is 0 Å². The van der Waals surface area contributed by atoms with Crippen molar-refractivity contribution in [2.75, 3.05) is 6.61 Å². The van der Waals surface area contributed by atoms with Crippen molar-refractivity contribution in [2.24, 2.45) is 0 Å². The normalized spacial score (nSPS) is 11.7. The molecule has 0 bridgehead atoms. The fourth-order valence-corrected chi connectivity index (χ4v) is 4.71. The van der Waals surface area contributed by atoms with E-state index in [-0.39, 0.29) is 0 Å². The van der Waals surface area contributed by atoms with Crippen molar-refractivity contribution in [3.8, 4) is 0 Å². The summed E-state index contributed by atoms with van der Waals surface area (Å²) in [6.07, 6.45) is 11.4. The molecule has 0 saturated carbocycles. The van der Waals surface area contributed by atoms with Gasteiger partial charge in [-0.15, -0.1) is 6.58 Å². The average molecular weight is 273 g/mol. The van der Waals surface area contributed by atoms with Crippen LogP contribution in [-0.4, -0.2) is 20.0 Å². The predicted octanol–water partition coefficient (Wildman–Crippen LogP) is 4.78. The van der Waals surface area contributed by atoms with Crippen LogP contribution in [0, 0.1) is 0 Å². The van der Waals surface area contributed by atoms with Gasteiger partial charge in [0.15, 0.2) is 0 Å². The van der Waals surface area contributed by atoms with E-state index in [0.29, 0.717) is 6.61 Å². The van der Waals surface area contributed by atoms with E-state index in [9.17, 15) is 4.80 Å². The lowest BCUT2D eigenvalue weighted by molar-refractivity contribution is 0.252. The molecule has 0 atom stereocenters. The molecule has 0 rings (SSSR count). The zero-order valence-electron chi connectivity index (χ0n) is 12.4. The minimum absolute atomic E-state index is 0.504. The van der Waals surface area contributed by atoms with Crippen molar-refractivity contribution in [1.29, 1.82) is 0 Å². The molecule has 2 nitrogen and oxygen atoms in total. The minimum atomic E-state index is -2.44. The molecular formula is C15H32O2Si. The van der Waals surface area contributed by atoms with Crippen molar-refractivity contribution in [3.05, 3.63) is 12.7 Å². The van der Waals surface area contributed by atoms with Gasteiger partial charge < -0.3 is 9.22 Å². The summed E-state index contributed by atoms with van der Waals surface area (Å²) in [5, 5.41) is 0. The molecule has 0 amide bonds. The van der Waals surface area contributed by atoms with Crippen LogP contribution in [0.5, 0.6) is 0 Å². The number of unbranched alkanes of at least 4 members (excludes halogenated alkanes) is 6. The molecule has 18 heavy (non-hydrogen) atoms. The lowest BCUT2D eigenvalue weighted by Crippen LogP contribution is -2.38. The summed E-state index contributed by atoms with van der Waals surface area (Å²) in [5.74, 6) is 0. The summed E-state index contributed by atoms with van der Waals surface area (Å²) in [6.45, 7) is 8.60. The Morgan fingerprint density at radius 3 is 1.83 bits per heavy atom. The fraction of sp³-hybridized carbons (Fsp3) is 0.867. The maximum Gasteiger partial charge on any atom is 0.335 e. The van der Waals surface area contributed by atoms with E-state index in [1.807, 2.05) is 0 Å². The lowest BCUT2D eigenvalue weighted by atomic mass is 10.2. The highest BCUT2D eigenvalue weighted by Crippen LogP contribution is 2.22. The molecule has 0 spiro atoms. The van der Waals surface area contributed by atoms with E-state index in [1.165, 1.54) is 38.5 Å². The Morgan fingerprint density at radius 1 is 0.944 bits per heavy atom. The molecule has 0 heterocycles. The first-order valence-electron chi connectivity index (χ1n) is 7.65. The van der Waals surface area contributed by atoms with E-state index in [4.69, 9.17) is 4.43 Å². The Balaban J connectivity index is 3.94. The van der Waals surface area contributed by atoms with Gasteiger partial charge in [-0.25, -0.2) is 0 Å². The van der Waals surface area contributed by atoms with Crippen molar-refractivity contribution in [1.82, 2.24) is 0 Å². The molecular weight excluding hydrogens is 240 g/mol. The Hall–Kier alpha value is -0.123. The van der Waals surface area contributed by atoms with E-state index in [0.717, 1.165) is 24.9 Å². The Kier molecular flexibility index (Phi) is 11.9. The van der Waals surface area contributed by atoms with Crippen molar-refractivity contribution < 1.29 is 9.22 Å². The topological polar surface area (TPSA) is 29.5 Å². The van der Waals surface area contributed by atoms with Gasteiger partial charge in [-0.2, -0.15) is 0 Å². The largest absolute Gasteiger partial charge is 0.411 e. The molecule has 0 unspecified atom stereocenters. The first-order valence-corrected chi connectivity index (χ1v) is 9.92. The highest BCUT2D eigenvalue weighted by Gasteiger charge is 2.31. The van der Waals surface area contributed by atoms with Crippen LogP contribution in [0.4, 0.5) is 0 Å². The smallest absolute Gasteiger partial charge is 0.335 e. The Bertz CT molecular complexity index is 183. The van der Waals surface area contributed by atoms with Crippen LogP contribution in [0.3, 0.4) is 0 Å². The summed E-state index contributed by atoms with van der Waals surface area (Å²) in [7, 11) is -2.44. The third-order valence-electron chi connectivity index (χ3n) is 3.31. The third-order valence-corrected chi connectivity index (χ3v) is 6.29. The molecule has 108 valence electrons. The average Bonchev–Trinajstić information content (AvgIpc) is 2.38. The second-order valence-corrected chi connectivity index (χ2v) is 8.35. The minimum Gasteiger partial charge on any atom is -0.411 e. The van der Waals surface area contributed by atoms with Crippen molar-refractivity contribution in [3.63, 3.8) is 0 Å². The second kappa shape index (κ2) is 11.9. The van der Waals surface area contributed by atoms with Crippen LogP contribution in [-0.2, 0) is 4.43 Å². The van der Waals surface area contributed by atoms with Crippen LogP contribution < -0.4 is 0 Å². The van der Waals surface area contributed by atoms with Gasteiger partial charge in [-0.1, -0.05) is 71.3 Å². The van der Waals surface area contributed by atoms with Crippen LogP contribution in [0.2, 0.25) is 12.1 Å². The maximum atomic E-state index is 10.6. The van der Waals surface area contributed by atoms with E-state index >= 15 is 0 Å². The first kappa shape index (κ1) is 17.9. The van der Waals surface area contributed by atoms with Crippen molar-refractivity contribution in [2.45, 2.75) is 77.3 Å². The summed E-state index contributed by atoms with van der Waals surface area (Å²) in [4.78, 5) is 10.6. The summed E-state index contributed by atoms with van der Waals surface area (Å²) >= 11 is 0. The zero-order chi connectivity index (χ0) is 13.7. The molecule has 0 aliphatic rings. The first-order chi connectivity index (χ1) is 8.68. The molecule has 0 saturated heterocycles. The number of rotatable bonds is 13. The van der Waals surface area contributed by atoms with Crippen LogP contribution in [0.15, 0.2) is 12.7 Å². The van der Waals surface area contributed by atoms with Crippen LogP contribution in [0.1, 0.15) is 65.2 Å². The van der Waals surface area contributed by atoms with E-state index in [2.05, 4.69) is 20.4 Å². The van der Waals surface area contributed by atoms with Gasteiger partial charge in [0.05, 0.1) is 6.61 Å². The molecule has 0 aromatic heterocycles. The molecule has 0 aliphatic carbocycles. The highest BCUT2D eigenvalue weighted by atomic mass is 28.4. The summed E-state index contributed by atoms with van der Waals surface area (Å²) in [6, 6.07) is 1.79. The second-order valence-electron chi connectivity index (χ2n) is 5.17.